The van der Waals surface area contributed by atoms with Crippen LogP contribution in [0.1, 0.15) is 12.0 Å². The van der Waals surface area contributed by atoms with Crippen molar-refractivity contribution in [2.75, 3.05) is 29.6 Å². The number of thioether (sulfide) groups is 1. The summed E-state index contributed by atoms with van der Waals surface area (Å²) in [4.78, 5) is 0. The molecule has 1 rings (SSSR count). The van der Waals surface area contributed by atoms with Gasteiger partial charge in [-0.05, 0) is 42.2 Å². The highest BCUT2D eigenvalue weighted by Gasteiger charge is 2.00. The predicted octanol–water partition coefficient (Wildman–Crippen LogP) is 2.50. The molecule has 86 valence electrons. The van der Waals surface area contributed by atoms with E-state index < -0.39 is 0 Å². The van der Waals surface area contributed by atoms with Gasteiger partial charge in [0.15, 0.2) is 0 Å². The smallest absolute Gasteiger partial charge is 0.0670 e. The number of anilines is 2. The van der Waals surface area contributed by atoms with Crippen molar-refractivity contribution >= 4 is 23.1 Å². The van der Waals surface area contributed by atoms with Gasteiger partial charge in [0.05, 0.1) is 12.5 Å². The van der Waals surface area contributed by atoms with Crippen LogP contribution in [-0.4, -0.2) is 18.6 Å². The van der Waals surface area contributed by atoms with Gasteiger partial charge in [-0.3, -0.25) is 0 Å². The van der Waals surface area contributed by atoms with Crippen LogP contribution in [0.4, 0.5) is 11.4 Å². The Labute approximate surface area is 101 Å². The summed E-state index contributed by atoms with van der Waals surface area (Å²) in [5.74, 6) is 1.16. The molecule has 0 unspecified atom stereocenters. The van der Waals surface area contributed by atoms with E-state index in [1.54, 1.807) is 0 Å². The average Bonchev–Trinajstić information content (AvgIpc) is 2.29. The first-order valence-corrected chi connectivity index (χ1v) is 6.65. The van der Waals surface area contributed by atoms with Crippen LogP contribution in [0.25, 0.3) is 0 Å². The van der Waals surface area contributed by atoms with E-state index >= 15 is 0 Å². The molecule has 0 atom stereocenters. The largest absolute Gasteiger partial charge is 0.398 e. The van der Waals surface area contributed by atoms with E-state index in [-0.39, 0.29) is 0 Å². The Hall–Kier alpha value is -1.34. The summed E-state index contributed by atoms with van der Waals surface area (Å²) in [5.41, 5.74) is 8.40. The van der Waals surface area contributed by atoms with Gasteiger partial charge in [-0.15, -0.1) is 0 Å². The third kappa shape index (κ3) is 4.03. The number of nitrogens with one attached hydrogen (secondary N) is 1. The Kier molecular flexibility index (Phi) is 5.58. The third-order valence-corrected chi connectivity index (χ3v) is 2.96. The van der Waals surface area contributed by atoms with Gasteiger partial charge in [-0.1, -0.05) is 0 Å². The number of benzene rings is 1. The molecule has 3 N–H and O–H groups in total. The van der Waals surface area contributed by atoms with Crippen molar-refractivity contribution in [2.45, 2.75) is 12.8 Å². The van der Waals surface area contributed by atoms with E-state index in [1.807, 2.05) is 30.0 Å². The number of hydrogen-bond acceptors (Lipinski definition) is 4. The maximum Gasteiger partial charge on any atom is 0.0670 e. The molecule has 0 heterocycles. The molecule has 0 fully saturated rings. The Bertz CT molecular complexity index is 371. The van der Waals surface area contributed by atoms with Gasteiger partial charge in [0, 0.05) is 17.9 Å². The number of hydrogen-bond donors (Lipinski definition) is 2. The van der Waals surface area contributed by atoms with Crippen molar-refractivity contribution in [1.82, 2.24) is 0 Å². The zero-order chi connectivity index (χ0) is 11.8. The number of nitriles is 1. The van der Waals surface area contributed by atoms with E-state index in [4.69, 9.17) is 11.0 Å². The van der Waals surface area contributed by atoms with Gasteiger partial charge in [0.1, 0.15) is 0 Å². The van der Waals surface area contributed by atoms with E-state index in [1.165, 1.54) is 0 Å². The molecule has 4 heteroatoms. The first-order valence-electron chi connectivity index (χ1n) is 5.26. The van der Waals surface area contributed by atoms with Crippen molar-refractivity contribution in [3.63, 3.8) is 0 Å². The van der Waals surface area contributed by atoms with Gasteiger partial charge in [0.2, 0.25) is 0 Å². The molecule has 1 aromatic rings. The summed E-state index contributed by atoms with van der Waals surface area (Å²) in [7, 11) is 0. The van der Waals surface area contributed by atoms with Crippen LogP contribution in [0, 0.1) is 11.3 Å². The lowest BCUT2D eigenvalue weighted by molar-refractivity contribution is 0.992. The quantitative estimate of drug-likeness (QED) is 0.587. The standard InChI is InChI=1S/C12H17N3S/c1-16-8-2-7-15-11-3-4-12(14)10(9-11)5-6-13/h3-4,9,15H,2,5,7-8,14H2,1H3. The summed E-state index contributed by atoms with van der Waals surface area (Å²) in [6, 6.07) is 7.88. The first kappa shape index (κ1) is 12.7. The summed E-state index contributed by atoms with van der Waals surface area (Å²) in [6.45, 7) is 0.955. The normalized spacial score (nSPS) is 9.75. The summed E-state index contributed by atoms with van der Waals surface area (Å²) >= 11 is 1.85. The molecule has 0 aliphatic carbocycles. The van der Waals surface area contributed by atoms with E-state index in [2.05, 4.69) is 17.6 Å². The zero-order valence-corrected chi connectivity index (χ0v) is 10.3. The van der Waals surface area contributed by atoms with Gasteiger partial charge < -0.3 is 11.1 Å². The van der Waals surface area contributed by atoms with Gasteiger partial charge >= 0.3 is 0 Å². The fourth-order valence-corrected chi connectivity index (χ4v) is 1.84. The van der Waals surface area contributed by atoms with E-state index in [0.717, 1.165) is 30.0 Å². The minimum Gasteiger partial charge on any atom is -0.398 e. The molecule has 0 saturated heterocycles. The molecule has 0 saturated carbocycles. The van der Waals surface area contributed by atoms with Gasteiger partial charge in [-0.2, -0.15) is 17.0 Å². The molecule has 0 aromatic heterocycles. The van der Waals surface area contributed by atoms with Crippen molar-refractivity contribution in [3.05, 3.63) is 23.8 Å². The Balaban J connectivity index is 2.54. The fourth-order valence-electron chi connectivity index (χ4n) is 1.40. The van der Waals surface area contributed by atoms with Crippen molar-refractivity contribution in [3.8, 4) is 6.07 Å². The first-order chi connectivity index (χ1) is 7.77. The highest BCUT2D eigenvalue weighted by Crippen LogP contribution is 2.18. The SMILES string of the molecule is CSCCCNc1ccc(N)c(CC#N)c1. The second kappa shape index (κ2) is 7.02. The average molecular weight is 235 g/mol. The predicted molar refractivity (Wildman–Crippen MR) is 71.7 cm³/mol. The maximum absolute atomic E-state index is 8.65. The second-order valence-corrected chi connectivity index (χ2v) is 4.51. The van der Waals surface area contributed by atoms with Crippen LogP contribution >= 0.6 is 11.8 Å². The molecule has 1 aromatic carbocycles. The van der Waals surface area contributed by atoms with Gasteiger partial charge in [-0.25, -0.2) is 0 Å². The lowest BCUT2D eigenvalue weighted by atomic mass is 10.1. The van der Waals surface area contributed by atoms with Crippen LogP contribution < -0.4 is 11.1 Å². The third-order valence-electron chi connectivity index (χ3n) is 2.27. The molecule has 16 heavy (non-hydrogen) atoms. The number of nitrogens with zero attached hydrogens (tertiary/aromatic N) is 1. The van der Waals surface area contributed by atoms with Crippen LogP contribution in [0.2, 0.25) is 0 Å². The topological polar surface area (TPSA) is 61.8 Å². The fraction of sp³-hybridized carbons (Fsp3) is 0.417. The minimum absolute atomic E-state index is 0.367. The molecule has 0 bridgehead atoms. The molecule has 0 aliphatic rings. The summed E-state index contributed by atoms with van der Waals surface area (Å²) < 4.78 is 0. The lowest BCUT2D eigenvalue weighted by Crippen LogP contribution is -2.03. The molecule has 0 radical (unpaired) electrons. The Morgan fingerprint density at radius 2 is 2.31 bits per heavy atom. The molecular weight excluding hydrogens is 218 g/mol. The van der Waals surface area contributed by atoms with E-state index in [0.29, 0.717) is 12.1 Å². The summed E-state index contributed by atoms with van der Waals surface area (Å²) in [5, 5.41) is 12.0. The molecular formula is C12H17N3S. The molecule has 0 amide bonds. The number of nitrogens with two attached hydrogens (primary N) is 1. The highest BCUT2D eigenvalue weighted by atomic mass is 32.2. The molecule has 0 spiro atoms. The maximum atomic E-state index is 8.65. The summed E-state index contributed by atoms with van der Waals surface area (Å²) in [6.07, 6.45) is 3.61. The number of nitrogen functional groups attached to an aromatic ring is 1. The van der Waals surface area contributed by atoms with Crippen LogP contribution in [0.5, 0.6) is 0 Å². The van der Waals surface area contributed by atoms with Gasteiger partial charge in [0.25, 0.3) is 0 Å². The van der Waals surface area contributed by atoms with Crippen molar-refractivity contribution in [1.29, 1.82) is 5.26 Å². The Morgan fingerprint density at radius 3 is 3.00 bits per heavy atom. The van der Waals surface area contributed by atoms with Crippen LogP contribution in [-0.2, 0) is 6.42 Å². The highest BCUT2D eigenvalue weighted by molar-refractivity contribution is 7.98. The molecule has 3 nitrogen and oxygen atoms in total. The van der Waals surface area contributed by atoms with Crippen molar-refractivity contribution in [2.24, 2.45) is 0 Å². The van der Waals surface area contributed by atoms with Crippen LogP contribution in [0.3, 0.4) is 0 Å². The van der Waals surface area contributed by atoms with Crippen LogP contribution in [0.15, 0.2) is 18.2 Å². The zero-order valence-electron chi connectivity index (χ0n) is 9.49. The monoisotopic (exact) mass is 235 g/mol. The molecule has 0 aliphatic heterocycles. The van der Waals surface area contributed by atoms with Crippen molar-refractivity contribution < 1.29 is 0 Å². The van der Waals surface area contributed by atoms with E-state index in [9.17, 15) is 0 Å². The Morgan fingerprint density at radius 1 is 1.50 bits per heavy atom. The second-order valence-electron chi connectivity index (χ2n) is 3.52. The number of rotatable bonds is 6. The minimum atomic E-state index is 0.367. The lowest BCUT2D eigenvalue weighted by Gasteiger charge is -2.08.